The number of amides is 1. The predicted molar refractivity (Wildman–Crippen MR) is 78.5 cm³/mol. The van der Waals surface area contributed by atoms with E-state index in [4.69, 9.17) is 4.74 Å². The second-order valence-electron chi connectivity index (χ2n) is 7.83. The van der Waals surface area contributed by atoms with Gasteiger partial charge >= 0.3 is 6.09 Å². The fourth-order valence-electron chi connectivity index (χ4n) is 3.15. The molecule has 1 aliphatic heterocycles. The molecule has 3 aliphatic rings. The second-order valence-corrected chi connectivity index (χ2v) is 7.83. The number of carbonyl (C=O) groups is 1. The average Bonchev–Trinajstić information content (AvgIpc) is 3.08. The Morgan fingerprint density at radius 3 is 2.20 bits per heavy atom. The van der Waals surface area contributed by atoms with Crippen LogP contribution in [0.4, 0.5) is 4.79 Å². The van der Waals surface area contributed by atoms with Gasteiger partial charge < -0.3 is 15.0 Å². The lowest BCUT2D eigenvalue weighted by Gasteiger charge is -2.40. The Morgan fingerprint density at radius 1 is 1.20 bits per heavy atom. The van der Waals surface area contributed by atoms with Gasteiger partial charge in [-0.05, 0) is 70.8 Å². The van der Waals surface area contributed by atoms with Crippen LogP contribution in [0.15, 0.2) is 0 Å². The molecule has 0 spiro atoms. The molecule has 3 rings (SSSR count). The smallest absolute Gasteiger partial charge is 0.410 e. The molecule has 1 heterocycles. The van der Waals surface area contributed by atoms with Gasteiger partial charge in [0.25, 0.3) is 0 Å². The summed E-state index contributed by atoms with van der Waals surface area (Å²) in [6, 6.07) is 0.475. The molecule has 0 unspecified atom stereocenters. The molecule has 1 amide bonds. The summed E-state index contributed by atoms with van der Waals surface area (Å²) in [4.78, 5) is 13.6. The van der Waals surface area contributed by atoms with Gasteiger partial charge in [0, 0.05) is 19.1 Å². The first-order chi connectivity index (χ1) is 9.42. The summed E-state index contributed by atoms with van der Waals surface area (Å²) in [5, 5.41) is 3.66. The minimum atomic E-state index is -0.390. The SMILES string of the molecule is CC(C)(C)OC(=O)N1CC(NCC(C2CC2)C2CC2)C1. The van der Waals surface area contributed by atoms with E-state index < -0.39 is 5.60 Å². The van der Waals surface area contributed by atoms with Crippen molar-refractivity contribution in [2.24, 2.45) is 17.8 Å². The Hall–Kier alpha value is -0.770. The van der Waals surface area contributed by atoms with Crippen LogP contribution in [0, 0.1) is 17.8 Å². The first kappa shape index (κ1) is 14.2. The molecule has 1 N–H and O–H groups in total. The third kappa shape index (κ3) is 3.66. The number of hydrogen-bond donors (Lipinski definition) is 1. The highest BCUT2D eigenvalue weighted by atomic mass is 16.6. The number of carbonyl (C=O) groups excluding carboxylic acids is 1. The zero-order chi connectivity index (χ0) is 14.3. The molecular formula is C16H28N2O2. The zero-order valence-electron chi connectivity index (χ0n) is 13.0. The monoisotopic (exact) mass is 280 g/mol. The number of likely N-dealkylation sites (tertiary alicyclic amines) is 1. The Labute approximate surface area is 122 Å². The summed E-state index contributed by atoms with van der Waals surface area (Å²) in [7, 11) is 0. The maximum absolute atomic E-state index is 11.8. The summed E-state index contributed by atoms with van der Waals surface area (Å²) in [6.07, 6.45) is 5.60. The summed E-state index contributed by atoms with van der Waals surface area (Å²) in [5.41, 5.74) is -0.390. The zero-order valence-corrected chi connectivity index (χ0v) is 13.0. The van der Waals surface area contributed by atoms with Crippen LogP contribution in [0.2, 0.25) is 0 Å². The summed E-state index contributed by atoms with van der Waals surface area (Å²) in [5.74, 6) is 2.90. The maximum Gasteiger partial charge on any atom is 0.410 e. The van der Waals surface area contributed by atoms with Crippen molar-refractivity contribution in [1.82, 2.24) is 10.2 Å². The minimum absolute atomic E-state index is 0.170. The van der Waals surface area contributed by atoms with Crippen molar-refractivity contribution >= 4 is 6.09 Å². The highest BCUT2D eigenvalue weighted by molar-refractivity contribution is 5.69. The van der Waals surface area contributed by atoms with Crippen molar-refractivity contribution in [1.29, 1.82) is 0 Å². The first-order valence-corrected chi connectivity index (χ1v) is 8.14. The fourth-order valence-corrected chi connectivity index (χ4v) is 3.15. The maximum atomic E-state index is 11.8. The molecule has 2 saturated carbocycles. The van der Waals surface area contributed by atoms with Crippen LogP contribution in [-0.2, 0) is 4.74 Å². The molecule has 4 heteroatoms. The van der Waals surface area contributed by atoms with Gasteiger partial charge in [-0.3, -0.25) is 0 Å². The van der Waals surface area contributed by atoms with Crippen molar-refractivity contribution < 1.29 is 9.53 Å². The molecule has 0 aromatic rings. The molecule has 114 valence electrons. The van der Waals surface area contributed by atoms with E-state index in [9.17, 15) is 4.79 Å². The topological polar surface area (TPSA) is 41.6 Å². The molecule has 20 heavy (non-hydrogen) atoms. The van der Waals surface area contributed by atoms with Gasteiger partial charge in [-0.1, -0.05) is 0 Å². The van der Waals surface area contributed by atoms with Gasteiger partial charge in [-0.2, -0.15) is 0 Å². The molecule has 3 fully saturated rings. The van der Waals surface area contributed by atoms with Crippen molar-refractivity contribution in [3.8, 4) is 0 Å². The van der Waals surface area contributed by atoms with Gasteiger partial charge in [-0.15, -0.1) is 0 Å². The van der Waals surface area contributed by atoms with Gasteiger partial charge in [0.2, 0.25) is 0 Å². The van der Waals surface area contributed by atoms with Gasteiger partial charge in [0.05, 0.1) is 0 Å². The number of nitrogens with one attached hydrogen (secondary N) is 1. The normalized spacial score (nSPS) is 23.9. The van der Waals surface area contributed by atoms with E-state index in [-0.39, 0.29) is 6.09 Å². The Balaban J connectivity index is 1.34. The largest absolute Gasteiger partial charge is 0.444 e. The lowest BCUT2D eigenvalue weighted by atomic mass is 9.97. The average molecular weight is 280 g/mol. The molecular weight excluding hydrogens is 252 g/mol. The molecule has 0 atom stereocenters. The van der Waals surface area contributed by atoms with E-state index in [2.05, 4.69) is 5.32 Å². The van der Waals surface area contributed by atoms with E-state index in [1.54, 1.807) is 4.90 Å². The Morgan fingerprint density at radius 2 is 1.75 bits per heavy atom. The number of nitrogens with zero attached hydrogens (tertiary/aromatic N) is 1. The van der Waals surface area contributed by atoms with Gasteiger partial charge in [0.15, 0.2) is 0 Å². The molecule has 0 aromatic heterocycles. The number of hydrogen-bond acceptors (Lipinski definition) is 3. The first-order valence-electron chi connectivity index (χ1n) is 8.14. The minimum Gasteiger partial charge on any atom is -0.444 e. The van der Waals surface area contributed by atoms with Gasteiger partial charge in [0.1, 0.15) is 5.60 Å². The molecule has 0 bridgehead atoms. The number of ether oxygens (including phenoxy) is 1. The molecule has 1 saturated heterocycles. The molecule has 2 aliphatic carbocycles. The van der Waals surface area contributed by atoms with E-state index in [1.807, 2.05) is 20.8 Å². The van der Waals surface area contributed by atoms with Crippen LogP contribution >= 0.6 is 0 Å². The fraction of sp³-hybridized carbons (Fsp3) is 0.938. The van der Waals surface area contributed by atoms with E-state index in [0.717, 1.165) is 37.4 Å². The lowest BCUT2D eigenvalue weighted by Crippen LogP contribution is -2.61. The highest BCUT2D eigenvalue weighted by Gasteiger charge is 2.42. The van der Waals surface area contributed by atoms with E-state index in [1.165, 1.54) is 25.7 Å². The third-order valence-electron chi connectivity index (χ3n) is 4.63. The predicted octanol–water partition coefficient (Wildman–Crippen LogP) is 2.63. The van der Waals surface area contributed by atoms with Crippen LogP contribution in [0.5, 0.6) is 0 Å². The van der Waals surface area contributed by atoms with Crippen molar-refractivity contribution in [2.75, 3.05) is 19.6 Å². The van der Waals surface area contributed by atoms with E-state index in [0.29, 0.717) is 6.04 Å². The van der Waals surface area contributed by atoms with Crippen LogP contribution in [-0.4, -0.2) is 42.3 Å². The summed E-state index contributed by atoms with van der Waals surface area (Å²) in [6.45, 7) is 8.50. The van der Waals surface area contributed by atoms with Crippen LogP contribution in [0.25, 0.3) is 0 Å². The number of rotatable bonds is 5. The summed E-state index contributed by atoms with van der Waals surface area (Å²) >= 11 is 0. The quantitative estimate of drug-likeness (QED) is 0.841. The lowest BCUT2D eigenvalue weighted by molar-refractivity contribution is 0.00482. The van der Waals surface area contributed by atoms with Gasteiger partial charge in [-0.25, -0.2) is 4.79 Å². The van der Waals surface area contributed by atoms with Crippen molar-refractivity contribution in [3.05, 3.63) is 0 Å². The standard InChI is InChI=1S/C16H28N2O2/c1-16(2,3)20-15(19)18-9-13(10-18)17-8-14(11-4-5-11)12-6-7-12/h11-14,17H,4-10H2,1-3H3. The molecule has 0 aromatic carbocycles. The molecule has 4 nitrogen and oxygen atoms in total. The second kappa shape index (κ2) is 5.21. The van der Waals surface area contributed by atoms with Crippen molar-refractivity contribution in [3.63, 3.8) is 0 Å². The molecule has 0 radical (unpaired) electrons. The van der Waals surface area contributed by atoms with Crippen LogP contribution < -0.4 is 5.32 Å². The third-order valence-corrected chi connectivity index (χ3v) is 4.63. The van der Waals surface area contributed by atoms with Crippen LogP contribution in [0.3, 0.4) is 0 Å². The Bertz CT molecular complexity index is 351. The summed E-state index contributed by atoms with van der Waals surface area (Å²) < 4.78 is 5.37. The highest BCUT2D eigenvalue weighted by Crippen LogP contribution is 2.48. The van der Waals surface area contributed by atoms with Crippen LogP contribution in [0.1, 0.15) is 46.5 Å². The van der Waals surface area contributed by atoms with E-state index >= 15 is 0 Å². The Kier molecular flexibility index (Phi) is 3.69. The van der Waals surface area contributed by atoms with Crippen molar-refractivity contribution in [2.45, 2.75) is 58.1 Å².